The third-order valence-electron chi connectivity index (χ3n) is 0. The van der Waals surface area contributed by atoms with Crippen LogP contribution in [0.15, 0.2) is 0 Å². The molecule has 0 heterocycles. The Balaban J connectivity index is -0.0000000267. The molecule has 8 heteroatoms. The third-order valence-corrected chi connectivity index (χ3v) is 0. The largest absolute Gasteiger partial charge is 0 e. The molecule has 0 aromatic rings. The van der Waals surface area contributed by atoms with E-state index in [1.165, 1.54) is 0 Å². The summed E-state index contributed by atoms with van der Waals surface area (Å²) in [6.45, 7) is 0. The second-order valence-corrected chi connectivity index (χ2v) is 1.80. The molecule has 0 fully saturated rings. The molecule has 45 valence electrons. The van der Waals surface area contributed by atoms with Gasteiger partial charge in [0.15, 0.2) is 0 Å². The van der Waals surface area contributed by atoms with Crippen LogP contribution in [0.2, 0.25) is 0 Å². The molecule has 0 aromatic heterocycles. The van der Waals surface area contributed by atoms with E-state index in [0.717, 1.165) is 0 Å². The number of rotatable bonds is 0. The minimum Gasteiger partial charge on any atom is 0 e. The van der Waals surface area contributed by atoms with Crippen molar-refractivity contribution >= 4 is 19.2 Å². The Labute approximate surface area is 74.9 Å². The van der Waals surface area contributed by atoms with Crippen molar-refractivity contribution in [1.82, 2.24) is 0 Å². The van der Waals surface area contributed by atoms with Crippen molar-refractivity contribution in [3.63, 3.8) is 0 Å². The molecule has 8 heavy (non-hydrogen) atoms. The molecule has 0 unspecified atom stereocenters. The molecule has 0 amide bonds. The normalized spacial score (nSPS) is 7.50. The first kappa shape index (κ1) is 22.8. The monoisotopic (exact) mass is 226 g/mol. The summed E-state index contributed by atoms with van der Waals surface area (Å²) >= 11 is 0. The summed E-state index contributed by atoms with van der Waals surface area (Å²) in [5.41, 5.74) is 0. The van der Waals surface area contributed by atoms with Gasteiger partial charge >= 0.3 is 19.2 Å². The van der Waals surface area contributed by atoms with Crippen LogP contribution in [0.1, 0.15) is 0 Å². The van der Waals surface area contributed by atoms with Crippen molar-refractivity contribution in [3.05, 3.63) is 0 Å². The Morgan fingerprint density at radius 2 is 0.875 bits per heavy atom. The minimum atomic E-state index is -4.61. The molecule has 0 spiro atoms. The van der Waals surface area contributed by atoms with E-state index in [0.29, 0.717) is 0 Å². The SMILES string of the molecule is O[Si](O)(O)O.[BeH2].[Mn].[Zn]. The quantitative estimate of drug-likeness (QED) is 0.323. The van der Waals surface area contributed by atoms with Gasteiger partial charge in [-0.25, -0.2) is 0 Å². The van der Waals surface area contributed by atoms with Gasteiger partial charge in [0.25, 0.3) is 0 Å². The zero-order chi connectivity index (χ0) is 4.50. The topological polar surface area (TPSA) is 80.9 Å². The molecule has 0 saturated carbocycles. The van der Waals surface area contributed by atoms with E-state index >= 15 is 0 Å². The van der Waals surface area contributed by atoms with Gasteiger partial charge in [0.2, 0.25) is 0 Å². The Bertz CT molecular complexity index is 31.5. The molecular formula is H6BeMnO4SiZn. The van der Waals surface area contributed by atoms with Gasteiger partial charge < -0.3 is 19.2 Å². The van der Waals surface area contributed by atoms with E-state index < -0.39 is 9.05 Å². The van der Waals surface area contributed by atoms with Crippen LogP contribution in [0.25, 0.3) is 0 Å². The first-order chi connectivity index (χ1) is 2.00. The molecule has 1 radical (unpaired) electrons. The van der Waals surface area contributed by atoms with E-state index in [-0.39, 0.29) is 46.7 Å². The molecule has 0 rings (SSSR count). The molecule has 0 aliphatic rings. The molecule has 0 atom stereocenters. The molecule has 0 aliphatic carbocycles. The van der Waals surface area contributed by atoms with Crippen LogP contribution in [0.4, 0.5) is 0 Å². The van der Waals surface area contributed by atoms with Gasteiger partial charge in [-0.05, 0) is 0 Å². The second-order valence-electron chi connectivity index (χ2n) is 0.600. The predicted octanol–water partition coefficient (Wildman–Crippen LogP) is -3.53. The van der Waals surface area contributed by atoms with Crippen molar-refractivity contribution in [1.29, 1.82) is 0 Å². The Morgan fingerprint density at radius 3 is 0.875 bits per heavy atom. The Hall–Kier alpha value is 1.37. The number of hydrogen-bond acceptors (Lipinski definition) is 4. The molecule has 0 bridgehead atoms. The maximum absolute atomic E-state index is 7.33. The van der Waals surface area contributed by atoms with Crippen LogP contribution < -0.4 is 0 Å². The van der Waals surface area contributed by atoms with E-state index in [1.807, 2.05) is 0 Å². The summed E-state index contributed by atoms with van der Waals surface area (Å²) in [6, 6.07) is 0. The van der Waals surface area contributed by atoms with E-state index in [1.54, 1.807) is 0 Å². The minimum absolute atomic E-state index is 0. The summed E-state index contributed by atoms with van der Waals surface area (Å²) in [4.78, 5) is 29.3. The van der Waals surface area contributed by atoms with Crippen molar-refractivity contribution in [2.45, 2.75) is 0 Å². The van der Waals surface area contributed by atoms with Crippen molar-refractivity contribution in [2.75, 3.05) is 0 Å². The van der Waals surface area contributed by atoms with Gasteiger partial charge in [-0.1, -0.05) is 0 Å². The van der Waals surface area contributed by atoms with E-state index in [9.17, 15) is 0 Å². The maximum atomic E-state index is 7.33. The smallest absolute Gasteiger partial charge is 0 e. The summed E-state index contributed by atoms with van der Waals surface area (Å²) in [5.74, 6) is 0. The van der Waals surface area contributed by atoms with Gasteiger partial charge in [-0.15, -0.1) is 0 Å². The van der Waals surface area contributed by atoms with Crippen LogP contribution in [0.3, 0.4) is 0 Å². The van der Waals surface area contributed by atoms with Crippen molar-refractivity contribution in [2.24, 2.45) is 0 Å². The third kappa shape index (κ3) is 160. The van der Waals surface area contributed by atoms with Crippen molar-refractivity contribution in [3.8, 4) is 0 Å². The van der Waals surface area contributed by atoms with Gasteiger partial charge in [-0.2, -0.15) is 0 Å². The fourth-order valence-electron chi connectivity index (χ4n) is 0. The zero-order valence-electron chi connectivity index (χ0n) is 3.37. The van der Waals surface area contributed by atoms with Crippen LogP contribution in [-0.4, -0.2) is 38.4 Å². The standard InChI is InChI=1S/Be.Mn.H4O4Si.Zn.2H/c;;1-5(2,3)4;;;/h;;1-4H;;;. The average molecular weight is 227 g/mol. The zero-order valence-corrected chi connectivity index (χ0v) is 8.52. The van der Waals surface area contributed by atoms with E-state index in [2.05, 4.69) is 0 Å². The molecule has 0 saturated heterocycles. The van der Waals surface area contributed by atoms with Crippen LogP contribution in [-0.2, 0) is 36.5 Å². The summed E-state index contributed by atoms with van der Waals surface area (Å²) < 4.78 is 0. The second kappa shape index (κ2) is 8.37. The molecular weight excluding hydrogens is 221 g/mol. The maximum Gasteiger partial charge on any atom is 0 e. The van der Waals surface area contributed by atoms with E-state index in [4.69, 9.17) is 19.2 Å². The number of hydrogen-bond donors (Lipinski definition) is 4. The van der Waals surface area contributed by atoms with Gasteiger partial charge in [0, 0.05) is 36.5 Å². The summed E-state index contributed by atoms with van der Waals surface area (Å²) in [7, 11) is -4.61. The fourth-order valence-corrected chi connectivity index (χ4v) is 0. The van der Waals surface area contributed by atoms with Crippen LogP contribution in [0.5, 0.6) is 0 Å². The summed E-state index contributed by atoms with van der Waals surface area (Å²) in [5, 5.41) is 0. The van der Waals surface area contributed by atoms with Gasteiger partial charge in [-0.3, -0.25) is 0 Å². The Morgan fingerprint density at radius 1 is 0.875 bits per heavy atom. The summed E-state index contributed by atoms with van der Waals surface area (Å²) in [6.07, 6.45) is 0. The molecule has 4 N–H and O–H groups in total. The van der Waals surface area contributed by atoms with Crippen LogP contribution in [0, 0.1) is 0 Å². The molecule has 4 nitrogen and oxygen atoms in total. The Kier molecular flexibility index (Phi) is 23.8. The first-order valence-electron chi connectivity index (χ1n) is 0.894. The van der Waals surface area contributed by atoms with Crippen LogP contribution >= 0.6 is 0 Å². The van der Waals surface area contributed by atoms with Crippen molar-refractivity contribution < 1.29 is 55.7 Å². The molecule has 0 aliphatic heterocycles. The predicted molar refractivity (Wildman–Crippen MR) is 23.2 cm³/mol. The van der Waals surface area contributed by atoms with Gasteiger partial charge in [0.1, 0.15) is 0 Å². The molecule has 0 aromatic carbocycles. The first-order valence-corrected chi connectivity index (χ1v) is 2.68. The van der Waals surface area contributed by atoms with Gasteiger partial charge in [0.05, 0.1) is 0 Å². The average Bonchev–Trinajstić information content (AvgIpc) is 0.722. The fraction of sp³-hybridized carbons (Fsp3) is 0.